The van der Waals surface area contributed by atoms with Crippen molar-refractivity contribution in [3.8, 4) is 0 Å². The molecule has 1 unspecified atom stereocenters. The number of imidazole rings is 1. The van der Waals surface area contributed by atoms with Gasteiger partial charge in [-0.25, -0.2) is 14.8 Å². The lowest BCUT2D eigenvalue weighted by atomic mass is 9.98. The molecule has 136 valence electrons. The molecule has 26 heavy (non-hydrogen) atoms. The highest BCUT2D eigenvalue weighted by atomic mass is 16.2. The first kappa shape index (κ1) is 16.6. The number of nitrogens with zero attached hydrogens (tertiary/aromatic N) is 5. The van der Waals surface area contributed by atoms with Gasteiger partial charge in [-0.05, 0) is 31.9 Å². The number of fused-ring (bicyclic) bond motifs is 1. The number of carbonyl (C=O) groups is 1. The summed E-state index contributed by atoms with van der Waals surface area (Å²) in [6.07, 6.45) is 6.68. The number of aromatic amines is 1. The van der Waals surface area contributed by atoms with Crippen LogP contribution in [-0.4, -0.2) is 55.1 Å². The average molecular weight is 353 g/mol. The van der Waals surface area contributed by atoms with Crippen LogP contribution in [-0.2, 0) is 6.42 Å². The molecular weight excluding hydrogens is 330 g/mol. The molecular formula is C18H23N7O. The SMILES string of the molecule is Cc1nc(C2CCCN(C(=O)NCCc3cn4ccccc4n3)C2)n[nH]1. The predicted octanol–water partition coefficient (Wildman–Crippen LogP) is 1.89. The van der Waals surface area contributed by atoms with E-state index in [9.17, 15) is 4.79 Å². The number of piperidine rings is 1. The van der Waals surface area contributed by atoms with Crippen molar-refractivity contribution < 1.29 is 4.79 Å². The van der Waals surface area contributed by atoms with E-state index < -0.39 is 0 Å². The number of rotatable bonds is 4. The molecule has 1 fully saturated rings. The molecule has 0 spiro atoms. The maximum atomic E-state index is 12.5. The maximum absolute atomic E-state index is 12.5. The number of aryl methyl sites for hydroxylation is 1. The number of nitrogens with one attached hydrogen (secondary N) is 2. The van der Waals surface area contributed by atoms with Gasteiger partial charge in [-0.1, -0.05) is 6.07 Å². The van der Waals surface area contributed by atoms with Gasteiger partial charge in [0.05, 0.1) is 5.69 Å². The number of H-pyrrole nitrogens is 1. The number of hydrogen-bond acceptors (Lipinski definition) is 4. The molecule has 4 rings (SSSR count). The lowest BCUT2D eigenvalue weighted by Gasteiger charge is -2.31. The Labute approximate surface area is 151 Å². The number of amides is 2. The van der Waals surface area contributed by atoms with Crippen molar-refractivity contribution in [3.05, 3.63) is 47.9 Å². The molecule has 1 atom stereocenters. The third-order valence-electron chi connectivity index (χ3n) is 4.76. The van der Waals surface area contributed by atoms with Crippen LogP contribution in [0.4, 0.5) is 4.79 Å². The number of likely N-dealkylation sites (tertiary alicyclic amines) is 1. The number of pyridine rings is 1. The summed E-state index contributed by atoms with van der Waals surface area (Å²) in [5.41, 5.74) is 1.90. The first-order valence-corrected chi connectivity index (χ1v) is 9.03. The van der Waals surface area contributed by atoms with Crippen molar-refractivity contribution in [2.75, 3.05) is 19.6 Å². The van der Waals surface area contributed by atoms with E-state index in [-0.39, 0.29) is 11.9 Å². The minimum absolute atomic E-state index is 0.0225. The second kappa shape index (κ2) is 7.15. The standard InChI is InChI=1S/C18H23N7O/c1-13-20-17(23-22-13)14-5-4-10-25(11-14)18(26)19-8-7-15-12-24-9-3-2-6-16(24)21-15/h2-3,6,9,12,14H,4-5,7-8,10-11H2,1H3,(H,19,26)(H,20,22,23). The fourth-order valence-corrected chi connectivity index (χ4v) is 3.43. The number of aromatic nitrogens is 5. The summed E-state index contributed by atoms with van der Waals surface area (Å²) in [7, 11) is 0. The topological polar surface area (TPSA) is 91.2 Å². The largest absolute Gasteiger partial charge is 0.338 e. The van der Waals surface area contributed by atoms with E-state index in [2.05, 4.69) is 25.5 Å². The Hall–Kier alpha value is -2.90. The number of carbonyl (C=O) groups excluding carboxylic acids is 1. The highest BCUT2D eigenvalue weighted by molar-refractivity contribution is 5.74. The van der Waals surface area contributed by atoms with Gasteiger partial charge >= 0.3 is 6.03 Å². The van der Waals surface area contributed by atoms with Crippen LogP contribution in [0.5, 0.6) is 0 Å². The van der Waals surface area contributed by atoms with Crippen LogP contribution in [0.3, 0.4) is 0 Å². The summed E-state index contributed by atoms with van der Waals surface area (Å²) in [5, 5.41) is 10.1. The highest BCUT2D eigenvalue weighted by Crippen LogP contribution is 2.24. The number of hydrogen-bond donors (Lipinski definition) is 2. The molecule has 8 heteroatoms. The van der Waals surface area contributed by atoms with Crippen molar-refractivity contribution in [1.82, 2.24) is 34.8 Å². The summed E-state index contributed by atoms with van der Waals surface area (Å²) < 4.78 is 1.99. The van der Waals surface area contributed by atoms with Gasteiger partial charge in [0.25, 0.3) is 0 Å². The molecule has 4 heterocycles. The van der Waals surface area contributed by atoms with Crippen molar-refractivity contribution in [1.29, 1.82) is 0 Å². The van der Waals surface area contributed by atoms with Crippen molar-refractivity contribution in [2.45, 2.75) is 32.1 Å². The van der Waals surface area contributed by atoms with Gasteiger partial charge in [-0.3, -0.25) is 5.10 Å². The quantitative estimate of drug-likeness (QED) is 0.749. The van der Waals surface area contributed by atoms with Crippen molar-refractivity contribution in [3.63, 3.8) is 0 Å². The molecule has 2 N–H and O–H groups in total. The molecule has 0 saturated carbocycles. The van der Waals surface area contributed by atoms with Crippen LogP contribution in [0.2, 0.25) is 0 Å². The molecule has 0 bridgehead atoms. The van der Waals surface area contributed by atoms with Gasteiger partial charge in [0, 0.05) is 44.4 Å². The van der Waals surface area contributed by atoms with Crippen LogP contribution < -0.4 is 5.32 Å². The minimum atomic E-state index is -0.0225. The summed E-state index contributed by atoms with van der Waals surface area (Å²) >= 11 is 0. The van der Waals surface area contributed by atoms with E-state index in [1.54, 1.807) is 0 Å². The van der Waals surface area contributed by atoms with E-state index in [1.807, 2.05) is 46.8 Å². The van der Waals surface area contributed by atoms with Crippen molar-refractivity contribution >= 4 is 11.7 Å². The van der Waals surface area contributed by atoms with Gasteiger partial charge in [0.2, 0.25) is 0 Å². The Kier molecular flexibility index (Phi) is 4.55. The van der Waals surface area contributed by atoms with E-state index in [0.717, 1.165) is 42.4 Å². The van der Waals surface area contributed by atoms with Crippen molar-refractivity contribution in [2.24, 2.45) is 0 Å². The van der Waals surface area contributed by atoms with Gasteiger partial charge in [0.1, 0.15) is 11.5 Å². The van der Waals surface area contributed by atoms with Gasteiger partial charge in [-0.2, -0.15) is 5.10 Å². The van der Waals surface area contributed by atoms with Gasteiger partial charge < -0.3 is 14.6 Å². The lowest BCUT2D eigenvalue weighted by Crippen LogP contribution is -2.45. The third kappa shape index (κ3) is 3.54. The molecule has 3 aromatic heterocycles. The summed E-state index contributed by atoms with van der Waals surface area (Å²) in [6, 6.07) is 5.89. The summed E-state index contributed by atoms with van der Waals surface area (Å²) in [4.78, 5) is 23.3. The molecule has 8 nitrogen and oxygen atoms in total. The predicted molar refractivity (Wildman–Crippen MR) is 97.0 cm³/mol. The van der Waals surface area contributed by atoms with Gasteiger partial charge in [0.15, 0.2) is 5.82 Å². The molecule has 1 saturated heterocycles. The third-order valence-corrected chi connectivity index (χ3v) is 4.76. The van der Waals surface area contributed by atoms with Crippen LogP contribution in [0.1, 0.15) is 36.1 Å². The Bertz CT molecular complexity index is 867. The molecule has 3 aromatic rings. The minimum Gasteiger partial charge on any atom is -0.338 e. The average Bonchev–Trinajstić information content (AvgIpc) is 3.27. The fraction of sp³-hybridized carbons (Fsp3) is 0.444. The second-order valence-electron chi connectivity index (χ2n) is 6.74. The zero-order valence-corrected chi connectivity index (χ0v) is 14.9. The Balaban J connectivity index is 1.30. The van der Waals surface area contributed by atoms with E-state index >= 15 is 0 Å². The molecule has 0 radical (unpaired) electrons. The second-order valence-corrected chi connectivity index (χ2v) is 6.74. The molecule has 0 aliphatic carbocycles. The van der Waals surface area contributed by atoms with Crippen LogP contribution in [0.15, 0.2) is 30.6 Å². The molecule has 2 amide bonds. The van der Waals surface area contributed by atoms with E-state index in [0.29, 0.717) is 19.5 Å². The lowest BCUT2D eigenvalue weighted by molar-refractivity contribution is 0.178. The van der Waals surface area contributed by atoms with Crippen LogP contribution in [0, 0.1) is 6.92 Å². The summed E-state index contributed by atoms with van der Waals surface area (Å²) in [5.74, 6) is 1.83. The smallest absolute Gasteiger partial charge is 0.317 e. The zero-order chi connectivity index (χ0) is 17.9. The van der Waals surface area contributed by atoms with E-state index in [1.165, 1.54) is 0 Å². The molecule has 0 aromatic carbocycles. The van der Waals surface area contributed by atoms with Gasteiger partial charge in [-0.15, -0.1) is 0 Å². The Morgan fingerprint density at radius 1 is 1.38 bits per heavy atom. The highest BCUT2D eigenvalue weighted by Gasteiger charge is 2.27. The first-order chi connectivity index (χ1) is 12.7. The Morgan fingerprint density at radius 3 is 3.12 bits per heavy atom. The first-order valence-electron chi connectivity index (χ1n) is 9.03. The molecule has 1 aliphatic rings. The Morgan fingerprint density at radius 2 is 2.31 bits per heavy atom. The normalized spacial score (nSPS) is 17.6. The number of urea groups is 1. The zero-order valence-electron chi connectivity index (χ0n) is 14.9. The summed E-state index contributed by atoms with van der Waals surface area (Å²) in [6.45, 7) is 3.91. The fourth-order valence-electron chi connectivity index (χ4n) is 3.43. The van der Waals surface area contributed by atoms with Crippen LogP contribution in [0.25, 0.3) is 5.65 Å². The van der Waals surface area contributed by atoms with E-state index in [4.69, 9.17) is 0 Å². The monoisotopic (exact) mass is 353 g/mol. The maximum Gasteiger partial charge on any atom is 0.317 e. The van der Waals surface area contributed by atoms with Crippen LogP contribution >= 0.6 is 0 Å². The molecule has 1 aliphatic heterocycles.